The van der Waals surface area contributed by atoms with E-state index in [2.05, 4.69) is 10.1 Å². The fourth-order valence-corrected chi connectivity index (χ4v) is 1.44. The van der Waals surface area contributed by atoms with Crippen LogP contribution in [0.25, 0.3) is 4.96 Å². The monoisotopic (exact) mass is 171 g/mol. The number of hydrogen-bond acceptors (Lipinski definition) is 6. The van der Waals surface area contributed by atoms with Crippen LogP contribution in [-0.2, 0) is 0 Å². The minimum Gasteiger partial charge on any atom is -0.491 e. The smallest absolute Gasteiger partial charge is 0.257 e. The molecule has 0 spiro atoms. The number of hydrogen-bond donors (Lipinski definition) is 3. The van der Waals surface area contributed by atoms with Crippen molar-refractivity contribution in [2.45, 2.75) is 0 Å². The summed E-state index contributed by atoms with van der Waals surface area (Å²) in [6, 6.07) is 0. The van der Waals surface area contributed by atoms with Crippen LogP contribution >= 0.6 is 11.3 Å². The lowest BCUT2D eigenvalue weighted by Gasteiger charge is -1.85. The quantitative estimate of drug-likeness (QED) is 0.503. The number of fused-ring (bicyclic) bond motifs is 1. The van der Waals surface area contributed by atoms with Gasteiger partial charge in [-0.3, -0.25) is 0 Å². The molecule has 0 radical (unpaired) electrons. The van der Waals surface area contributed by atoms with Gasteiger partial charge in [0.15, 0.2) is 5.82 Å². The van der Waals surface area contributed by atoms with E-state index in [4.69, 9.17) is 16.6 Å². The van der Waals surface area contributed by atoms with Crippen LogP contribution in [0.4, 0.5) is 10.9 Å². The van der Waals surface area contributed by atoms with Crippen LogP contribution in [-0.4, -0.2) is 19.7 Å². The summed E-state index contributed by atoms with van der Waals surface area (Å²) < 4.78 is 1.30. The minimum atomic E-state index is -0.205. The lowest BCUT2D eigenvalue weighted by atomic mass is 10.7. The predicted molar refractivity (Wildman–Crippen MR) is 41.4 cm³/mol. The van der Waals surface area contributed by atoms with Crippen LogP contribution in [0.2, 0.25) is 0 Å². The third-order valence-electron chi connectivity index (χ3n) is 1.23. The lowest BCUT2D eigenvalue weighted by Crippen LogP contribution is -1.94. The summed E-state index contributed by atoms with van der Waals surface area (Å²) in [6.07, 6.45) is 0. The van der Waals surface area contributed by atoms with Crippen molar-refractivity contribution in [2.75, 3.05) is 11.5 Å². The highest BCUT2D eigenvalue weighted by atomic mass is 32.1. The Bertz CT molecular complexity index is 404. The molecular weight excluding hydrogens is 166 g/mol. The average Bonchev–Trinajstić information content (AvgIpc) is 2.37. The van der Waals surface area contributed by atoms with Crippen molar-refractivity contribution in [1.82, 2.24) is 14.6 Å². The second-order valence-corrected chi connectivity index (χ2v) is 2.94. The molecule has 11 heavy (non-hydrogen) atoms. The number of anilines is 2. The van der Waals surface area contributed by atoms with Crippen LogP contribution in [0.5, 0.6) is 5.88 Å². The Balaban J connectivity index is 2.88. The van der Waals surface area contributed by atoms with Gasteiger partial charge >= 0.3 is 0 Å². The largest absolute Gasteiger partial charge is 0.491 e. The van der Waals surface area contributed by atoms with Gasteiger partial charge in [0.25, 0.3) is 5.88 Å². The van der Waals surface area contributed by atoms with Gasteiger partial charge in [-0.25, -0.2) is 0 Å². The zero-order chi connectivity index (χ0) is 8.01. The third-order valence-corrected chi connectivity index (χ3v) is 1.97. The Morgan fingerprint density at radius 1 is 1.45 bits per heavy atom. The molecule has 0 amide bonds. The summed E-state index contributed by atoms with van der Waals surface area (Å²) in [5.41, 5.74) is 10.8. The molecule has 0 fully saturated rings. The van der Waals surface area contributed by atoms with Gasteiger partial charge in [-0.1, -0.05) is 11.3 Å². The van der Waals surface area contributed by atoms with E-state index in [-0.39, 0.29) is 11.7 Å². The first-order valence-corrected chi connectivity index (χ1v) is 3.59. The zero-order valence-electron chi connectivity index (χ0n) is 5.35. The van der Waals surface area contributed by atoms with E-state index in [0.717, 1.165) is 0 Å². The summed E-state index contributed by atoms with van der Waals surface area (Å²) in [5.74, 6) is -0.0864. The number of rotatable bonds is 0. The van der Waals surface area contributed by atoms with E-state index in [1.54, 1.807) is 0 Å². The third kappa shape index (κ3) is 0.709. The molecular formula is C4H5N5OS. The topological polar surface area (TPSA) is 102 Å². The molecule has 58 valence electrons. The van der Waals surface area contributed by atoms with E-state index in [0.29, 0.717) is 10.1 Å². The molecule has 0 bridgehead atoms. The second-order valence-electron chi connectivity index (χ2n) is 1.96. The molecule has 0 aliphatic heterocycles. The molecule has 0 aliphatic rings. The molecule has 2 rings (SSSR count). The fraction of sp³-hybridized carbons (Fsp3) is 0. The Kier molecular flexibility index (Phi) is 0.994. The van der Waals surface area contributed by atoms with Crippen molar-refractivity contribution in [2.24, 2.45) is 0 Å². The summed E-state index contributed by atoms with van der Waals surface area (Å²) in [4.78, 5) is 4.20. The maximum Gasteiger partial charge on any atom is 0.257 e. The summed E-state index contributed by atoms with van der Waals surface area (Å²) in [6.45, 7) is 0. The van der Waals surface area contributed by atoms with Crippen molar-refractivity contribution >= 4 is 27.2 Å². The number of nitrogens with two attached hydrogens (primary N) is 2. The SMILES string of the molecule is Nc1nn2c(N)c(O)nc2s1. The van der Waals surface area contributed by atoms with Gasteiger partial charge < -0.3 is 16.6 Å². The molecule has 0 atom stereocenters. The summed E-state index contributed by atoms with van der Waals surface area (Å²) >= 11 is 1.17. The maximum absolute atomic E-state index is 8.99. The van der Waals surface area contributed by atoms with E-state index < -0.39 is 0 Å². The first-order valence-electron chi connectivity index (χ1n) is 2.78. The average molecular weight is 171 g/mol. The molecule has 0 unspecified atom stereocenters. The number of aromatic nitrogens is 3. The van der Waals surface area contributed by atoms with Crippen molar-refractivity contribution < 1.29 is 5.11 Å². The van der Waals surface area contributed by atoms with Crippen LogP contribution in [0.1, 0.15) is 0 Å². The number of imidazole rings is 1. The van der Waals surface area contributed by atoms with Gasteiger partial charge in [0, 0.05) is 0 Å². The van der Waals surface area contributed by atoms with Crippen LogP contribution in [0, 0.1) is 0 Å². The van der Waals surface area contributed by atoms with Gasteiger partial charge in [0.2, 0.25) is 10.1 Å². The molecule has 0 saturated carbocycles. The second kappa shape index (κ2) is 1.76. The zero-order valence-corrected chi connectivity index (χ0v) is 6.17. The fourth-order valence-electron chi connectivity index (χ4n) is 0.768. The van der Waals surface area contributed by atoms with E-state index in [1.807, 2.05) is 0 Å². The Morgan fingerprint density at radius 3 is 2.82 bits per heavy atom. The van der Waals surface area contributed by atoms with Gasteiger partial charge in [-0.15, -0.1) is 5.10 Å². The van der Waals surface area contributed by atoms with E-state index in [1.165, 1.54) is 15.9 Å². The molecule has 2 aromatic heterocycles. The predicted octanol–water partition coefficient (Wildman–Crippen LogP) is -0.339. The molecule has 0 saturated heterocycles. The van der Waals surface area contributed by atoms with E-state index in [9.17, 15) is 0 Å². The standard InChI is InChI=1S/C4H5N5OS/c5-1-2(10)7-4-9(1)8-3(6)11-4/h10H,5H2,(H2,6,8). The van der Waals surface area contributed by atoms with Crippen molar-refractivity contribution in [1.29, 1.82) is 0 Å². The highest BCUT2D eigenvalue weighted by Crippen LogP contribution is 2.24. The Morgan fingerprint density at radius 2 is 2.18 bits per heavy atom. The molecule has 7 heteroatoms. The van der Waals surface area contributed by atoms with Crippen LogP contribution in [0.3, 0.4) is 0 Å². The highest BCUT2D eigenvalue weighted by molar-refractivity contribution is 7.20. The molecule has 0 aliphatic carbocycles. The van der Waals surface area contributed by atoms with Crippen LogP contribution in [0.15, 0.2) is 0 Å². The first-order chi connectivity index (χ1) is 5.18. The van der Waals surface area contributed by atoms with Gasteiger partial charge in [-0.2, -0.15) is 9.50 Å². The Labute approximate surface area is 65.1 Å². The first kappa shape index (κ1) is 6.23. The van der Waals surface area contributed by atoms with Crippen molar-refractivity contribution in [3.8, 4) is 5.88 Å². The van der Waals surface area contributed by atoms with E-state index >= 15 is 0 Å². The van der Waals surface area contributed by atoms with Gasteiger partial charge in [0.1, 0.15) is 0 Å². The van der Waals surface area contributed by atoms with Crippen molar-refractivity contribution in [3.63, 3.8) is 0 Å². The molecule has 5 N–H and O–H groups in total. The number of nitrogen functional groups attached to an aromatic ring is 2. The van der Waals surface area contributed by atoms with Gasteiger partial charge in [0.05, 0.1) is 0 Å². The highest BCUT2D eigenvalue weighted by Gasteiger charge is 2.10. The minimum absolute atomic E-state index is 0.118. The summed E-state index contributed by atoms with van der Waals surface area (Å²) in [7, 11) is 0. The lowest BCUT2D eigenvalue weighted by molar-refractivity contribution is 0.460. The van der Waals surface area contributed by atoms with Crippen LogP contribution < -0.4 is 11.5 Å². The molecule has 2 aromatic rings. The molecule has 0 aromatic carbocycles. The molecule has 2 heterocycles. The maximum atomic E-state index is 8.99. The van der Waals surface area contributed by atoms with Gasteiger partial charge in [-0.05, 0) is 0 Å². The van der Waals surface area contributed by atoms with Crippen molar-refractivity contribution in [3.05, 3.63) is 0 Å². The Hall–Kier alpha value is -1.50. The molecule has 6 nitrogen and oxygen atoms in total. The number of aromatic hydroxyl groups is 1. The number of nitrogens with zero attached hydrogens (tertiary/aromatic N) is 3. The summed E-state index contributed by atoms with van der Waals surface area (Å²) in [5, 5.41) is 13.2. The normalized spacial score (nSPS) is 10.9.